The van der Waals surface area contributed by atoms with Gasteiger partial charge in [-0.25, -0.2) is 9.97 Å². The number of hydrogen-bond donors (Lipinski definition) is 0. The molecule has 0 aliphatic rings. The van der Waals surface area contributed by atoms with Crippen LogP contribution in [0.15, 0.2) is 200 Å². The van der Waals surface area contributed by atoms with Crippen LogP contribution >= 0.6 is 22.7 Å². The zero-order valence-electron chi connectivity index (χ0n) is 32.2. The first kappa shape index (κ1) is 34.7. The van der Waals surface area contributed by atoms with E-state index < -0.39 is 0 Å². The Morgan fingerprint density at radius 1 is 0.283 bits per heavy atom. The molecule has 0 aliphatic carbocycles. The lowest BCUT2D eigenvalue weighted by molar-refractivity contribution is 1.18. The van der Waals surface area contributed by atoms with E-state index in [1.807, 2.05) is 47.1 Å². The lowest BCUT2D eigenvalue weighted by atomic mass is 9.94. The fourth-order valence-electron chi connectivity index (χ4n) is 8.49. The Kier molecular flexibility index (Phi) is 8.22. The summed E-state index contributed by atoms with van der Waals surface area (Å²) in [4.78, 5) is 15.5. The molecule has 3 nitrogen and oxygen atoms in total. The summed E-state index contributed by atoms with van der Waals surface area (Å²) in [6, 6.07) is 69.8. The van der Waals surface area contributed by atoms with Crippen molar-refractivity contribution < 1.29 is 0 Å². The summed E-state index contributed by atoms with van der Waals surface area (Å²) in [5, 5.41) is 7.49. The molecule has 0 saturated heterocycles. The Hall–Kier alpha value is -7.31. The summed E-state index contributed by atoms with van der Waals surface area (Å²) in [5.74, 6) is 0.672. The van der Waals surface area contributed by atoms with Gasteiger partial charge in [-0.05, 0) is 118 Å². The molecule has 0 unspecified atom stereocenters. The number of pyridine rings is 1. The van der Waals surface area contributed by atoms with Gasteiger partial charge in [-0.1, -0.05) is 109 Å². The number of thiophene rings is 2. The van der Waals surface area contributed by atoms with Crippen LogP contribution in [0.1, 0.15) is 0 Å². The van der Waals surface area contributed by atoms with Gasteiger partial charge in [-0.2, -0.15) is 0 Å². The summed E-state index contributed by atoms with van der Waals surface area (Å²) in [6.45, 7) is 0. The highest BCUT2D eigenvalue weighted by molar-refractivity contribution is 7.26. The molecular weight excluding hydrogens is 767 g/mol. The Morgan fingerprint density at radius 2 is 0.800 bits per heavy atom. The van der Waals surface area contributed by atoms with Crippen LogP contribution in [-0.4, -0.2) is 15.0 Å². The molecular formula is C55H33N3S2. The van der Waals surface area contributed by atoms with Crippen molar-refractivity contribution >= 4 is 73.8 Å². The van der Waals surface area contributed by atoms with Gasteiger partial charge >= 0.3 is 0 Å². The van der Waals surface area contributed by atoms with Gasteiger partial charge in [0, 0.05) is 68.8 Å². The van der Waals surface area contributed by atoms with Crippen molar-refractivity contribution in [2.24, 2.45) is 0 Å². The minimum atomic E-state index is 0.672. The smallest absolute Gasteiger partial charge is 0.160 e. The van der Waals surface area contributed by atoms with Crippen LogP contribution in [0.25, 0.3) is 119 Å². The second-order valence-corrected chi connectivity index (χ2v) is 17.4. The molecule has 4 aromatic heterocycles. The zero-order chi connectivity index (χ0) is 39.6. The lowest BCUT2D eigenvalue weighted by Gasteiger charge is -2.14. The van der Waals surface area contributed by atoms with Crippen LogP contribution in [-0.2, 0) is 0 Å². The zero-order valence-corrected chi connectivity index (χ0v) is 33.8. The molecule has 12 aromatic rings. The summed E-state index contributed by atoms with van der Waals surface area (Å²) in [5.41, 5.74) is 11.2. The number of aromatic nitrogens is 3. The van der Waals surface area contributed by atoms with E-state index in [4.69, 9.17) is 9.97 Å². The van der Waals surface area contributed by atoms with E-state index in [1.165, 1.54) is 51.1 Å². The molecule has 0 amide bonds. The summed E-state index contributed by atoms with van der Waals surface area (Å²) < 4.78 is 5.17. The molecule has 5 heteroatoms. The Labute approximate surface area is 354 Å². The normalized spacial score (nSPS) is 11.7. The van der Waals surface area contributed by atoms with Gasteiger partial charge in [-0.3, -0.25) is 4.98 Å². The van der Waals surface area contributed by atoms with E-state index in [1.54, 1.807) is 0 Å². The van der Waals surface area contributed by atoms with Gasteiger partial charge in [0.1, 0.15) is 0 Å². The number of benzene rings is 8. The summed E-state index contributed by atoms with van der Waals surface area (Å²) in [6.07, 6.45) is 1.84. The average molecular weight is 800 g/mol. The minimum absolute atomic E-state index is 0.672. The third-order valence-corrected chi connectivity index (χ3v) is 13.8. The fraction of sp³-hybridized carbons (Fsp3) is 0. The Bertz CT molecular complexity index is 3490. The highest BCUT2D eigenvalue weighted by Gasteiger charge is 2.17. The van der Waals surface area contributed by atoms with Gasteiger partial charge in [0.15, 0.2) is 5.82 Å². The number of fused-ring (bicyclic) bond motifs is 7. The van der Waals surface area contributed by atoms with Crippen molar-refractivity contribution in [2.45, 2.75) is 0 Å². The Morgan fingerprint density at radius 3 is 1.45 bits per heavy atom. The predicted octanol–water partition coefficient (Wildman–Crippen LogP) is 15.8. The fourth-order valence-corrected chi connectivity index (χ4v) is 10.7. The second-order valence-electron chi connectivity index (χ2n) is 15.2. The van der Waals surface area contributed by atoms with Gasteiger partial charge < -0.3 is 0 Å². The molecule has 0 N–H and O–H groups in total. The van der Waals surface area contributed by atoms with Crippen LogP contribution in [0.4, 0.5) is 0 Å². The van der Waals surface area contributed by atoms with Crippen LogP contribution in [0.2, 0.25) is 0 Å². The molecule has 0 saturated carbocycles. The van der Waals surface area contributed by atoms with Crippen molar-refractivity contribution in [3.8, 4) is 67.4 Å². The molecule has 4 heterocycles. The SMILES string of the molecule is c1ccc(-c2cccc(-c3cc(-c4ccc5ccccc5c4)nc(-c4cc(-c5ccc6sc7ccccc7c6c5)cc(-c5ccc6sc7ccccc7c6c5)c4)n3)c2)nc1. The second kappa shape index (κ2) is 14.2. The highest BCUT2D eigenvalue weighted by atomic mass is 32.1. The quantitative estimate of drug-likeness (QED) is 0.168. The highest BCUT2D eigenvalue weighted by Crippen LogP contribution is 2.41. The van der Waals surface area contributed by atoms with E-state index >= 15 is 0 Å². The summed E-state index contributed by atoms with van der Waals surface area (Å²) >= 11 is 3.69. The van der Waals surface area contributed by atoms with Gasteiger partial charge in [-0.15, -0.1) is 22.7 Å². The van der Waals surface area contributed by atoms with E-state index in [-0.39, 0.29) is 0 Å². The van der Waals surface area contributed by atoms with E-state index in [0.29, 0.717) is 5.82 Å². The van der Waals surface area contributed by atoms with Crippen LogP contribution in [0.5, 0.6) is 0 Å². The molecule has 0 bridgehead atoms. The molecule has 0 atom stereocenters. The standard InChI is InChI=1S/C55H33N3S2/c1-2-11-35-26-40(20-19-34(35)10-1)50-33-49(39-13-9-12-38(27-39)48-16-7-8-25-56-48)57-55(58-50)43-29-41(36-21-23-53-46(31-36)44-14-3-5-17-51(44)59-53)28-42(30-43)37-22-24-54-47(32-37)45-15-4-6-18-52(45)60-54/h1-33H. The number of rotatable bonds is 6. The first-order chi connectivity index (χ1) is 29.7. The van der Waals surface area contributed by atoms with Gasteiger partial charge in [0.2, 0.25) is 0 Å². The third kappa shape index (κ3) is 6.15. The maximum Gasteiger partial charge on any atom is 0.160 e. The van der Waals surface area contributed by atoms with Gasteiger partial charge in [0.25, 0.3) is 0 Å². The Balaban J connectivity index is 1.09. The number of hydrogen-bond acceptors (Lipinski definition) is 5. The van der Waals surface area contributed by atoms with Crippen molar-refractivity contribution in [2.75, 3.05) is 0 Å². The monoisotopic (exact) mass is 799 g/mol. The molecule has 0 spiro atoms. The lowest BCUT2D eigenvalue weighted by Crippen LogP contribution is -1.97. The van der Waals surface area contributed by atoms with Crippen LogP contribution < -0.4 is 0 Å². The topological polar surface area (TPSA) is 38.7 Å². The molecule has 0 fully saturated rings. The number of nitrogens with zero attached hydrogens (tertiary/aromatic N) is 3. The van der Waals surface area contributed by atoms with E-state index in [0.717, 1.165) is 61.6 Å². The predicted molar refractivity (Wildman–Crippen MR) is 256 cm³/mol. The molecule has 8 aromatic carbocycles. The molecule has 0 aliphatic heterocycles. The third-order valence-electron chi connectivity index (χ3n) is 11.5. The van der Waals surface area contributed by atoms with Gasteiger partial charge in [0.05, 0.1) is 17.1 Å². The largest absolute Gasteiger partial charge is 0.256 e. The van der Waals surface area contributed by atoms with E-state index in [2.05, 4.69) is 181 Å². The van der Waals surface area contributed by atoms with Crippen molar-refractivity contribution in [3.05, 3.63) is 200 Å². The van der Waals surface area contributed by atoms with Crippen LogP contribution in [0, 0.1) is 0 Å². The molecule has 12 rings (SSSR count). The first-order valence-corrected chi connectivity index (χ1v) is 21.7. The van der Waals surface area contributed by atoms with Crippen LogP contribution in [0.3, 0.4) is 0 Å². The average Bonchev–Trinajstić information content (AvgIpc) is 3.89. The molecule has 60 heavy (non-hydrogen) atoms. The summed E-state index contributed by atoms with van der Waals surface area (Å²) in [7, 11) is 0. The molecule has 280 valence electrons. The first-order valence-electron chi connectivity index (χ1n) is 20.1. The maximum atomic E-state index is 5.40. The van der Waals surface area contributed by atoms with E-state index in [9.17, 15) is 0 Å². The van der Waals surface area contributed by atoms with Crippen molar-refractivity contribution in [1.82, 2.24) is 15.0 Å². The molecule has 0 radical (unpaired) electrons. The maximum absolute atomic E-state index is 5.40. The van der Waals surface area contributed by atoms with Crippen molar-refractivity contribution in [3.63, 3.8) is 0 Å². The van der Waals surface area contributed by atoms with Crippen molar-refractivity contribution in [1.29, 1.82) is 0 Å². The minimum Gasteiger partial charge on any atom is -0.256 e.